The standard InChI is InChI=1S/C35H32Br4N4O8/c1-18-10-21(15-27(42-49)34(47)40-8-6-19-2-4-29(44)23(36)11-19)14-26(39)33(18)51-31-17-22(13-25(38)32(31)46)16-28(43-50)35(48)41-9-7-20-3-5-30(45)24(37)12-20/h2-5,10-14,17,44-46,49-50H,6-9,15-16H2,1H3,(H,40,47)(H,41,48). The first-order chi connectivity index (χ1) is 24.3. The van der Waals surface area contributed by atoms with Crippen LogP contribution in [0.2, 0.25) is 0 Å². The van der Waals surface area contributed by atoms with Crippen LogP contribution in [-0.2, 0) is 35.3 Å². The predicted octanol–water partition coefficient (Wildman–Crippen LogP) is 7.42. The van der Waals surface area contributed by atoms with Crippen molar-refractivity contribution in [2.24, 2.45) is 10.3 Å². The van der Waals surface area contributed by atoms with E-state index >= 15 is 0 Å². The zero-order valence-corrected chi connectivity index (χ0v) is 33.2. The molecule has 7 N–H and O–H groups in total. The number of carbonyl (C=O) groups excluding carboxylic acids is 2. The summed E-state index contributed by atoms with van der Waals surface area (Å²) in [4.78, 5) is 25.6. The van der Waals surface area contributed by atoms with Gasteiger partial charge < -0.3 is 41.1 Å². The van der Waals surface area contributed by atoms with Crippen molar-refractivity contribution in [3.63, 3.8) is 0 Å². The molecule has 0 aliphatic carbocycles. The lowest BCUT2D eigenvalue weighted by atomic mass is 10.0. The Kier molecular flexibility index (Phi) is 14.3. The molecule has 0 heterocycles. The summed E-state index contributed by atoms with van der Waals surface area (Å²) in [6.07, 6.45) is 0.892. The molecule has 4 aromatic rings. The van der Waals surface area contributed by atoms with Gasteiger partial charge in [0.25, 0.3) is 11.8 Å². The van der Waals surface area contributed by atoms with E-state index in [0.717, 1.165) is 11.1 Å². The van der Waals surface area contributed by atoms with Crippen LogP contribution < -0.4 is 15.4 Å². The Hall–Kier alpha value is -4.12. The maximum Gasteiger partial charge on any atom is 0.269 e. The van der Waals surface area contributed by atoms with Crippen LogP contribution in [0.4, 0.5) is 0 Å². The van der Waals surface area contributed by atoms with E-state index in [9.17, 15) is 35.3 Å². The van der Waals surface area contributed by atoms with E-state index in [1.165, 1.54) is 6.07 Å². The number of aromatic hydroxyl groups is 3. The summed E-state index contributed by atoms with van der Waals surface area (Å²) in [6.45, 7) is 2.29. The first kappa shape index (κ1) is 39.7. The number of aryl methyl sites for hydroxylation is 1. The molecule has 0 radical (unpaired) electrons. The van der Waals surface area contributed by atoms with Crippen LogP contribution in [0.3, 0.4) is 0 Å². The van der Waals surface area contributed by atoms with Gasteiger partial charge in [-0.2, -0.15) is 0 Å². The van der Waals surface area contributed by atoms with Crippen molar-refractivity contribution in [1.29, 1.82) is 0 Å². The lowest BCUT2D eigenvalue weighted by Gasteiger charge is -2.16. The molecule has 0 saturated heterocycles. The van der Waals surface area contributed by atoms with Gasteiger partial charge in [0.1, 0.15) is 28.7 Å². The van der Waals surface area contributed by atoms with E-state index in [-0.39, 0.29) is 64.8 Å². The zero-order chi connectivity index (χ0) is 37.2. The Morgan fingerprint density at radius 1 is 0.647 bits per heavy atom. The van der Waals surface area contributed by atoms with Crippen LogP contribution in [0.1, 0.15) is 27.8 Å². The Bertz CT molecular complexity index is 1980. The van der Waals surface area contributed by atoms with Gasteiger partial charge >= 0.3 is 0 Å². The second-order valence-corrected chi connectivity index (χ2v) is 14.7. The number of nitrogens with one attached hydrogen (secondary N) is 2. The molecule has 4 aromatic carbocycles. The van der Waals surface area contributed by atoms with Crippen molar-refractivity contribution < 1.29 is 40.1 Å². The van der Waals surface area contributed by atoms with Crippen LogP contribution in [0.25, 0.3) is 0 Å². The van der Waals surface area contributed by atoms with Gasteiger partial charge in [-0.1, -0.05) is 28.5 Å². The highest BCUT2D eigenvalue weighted by Crippen LogP contribution is 2.42. The molecule has 0 saturated carbocycles. The van der Waals surface area contributed by atoms with Gasteiger partial charge in [-0.05, 0) is 154 Å². The number of rotatable bonds is 14. The molecule has 2 amide bonds. The molecule has 0 spiro atoms. The summed E-state index contributed by atoms with van der Waals surface area (Å²) in [5.74, 6) is -0.679. The fourth-order valence-corrected chi connectivity index (χ4v) is 6.95. The lowest BCUT2D eigenvalue weighted by Crippen LogP contribution is -2.33. The SMILES string of the molecule is Cc1cc(CC(=NO)C(=O)NCCc2ccc(O)c(Br)c2)cc(Br)c1Oc1cc(CC(=NO)C(=O)NCCc2ccc(O)c(Br)c2)cc(Br)c1O. The van der Waals surface area contributed by atoms with Crippen molar-refractivity contribution in [3.8, 4) is 28.7 Å². The number of phenols is 3. The smallest absolute Gasteiger partial charge is 0.269 e. The van der Waals surface area contributed by atoms with E-state index in [4.69, 9.17) is 4.74 Å². The number of amides is 2. The molecule has 268 valence electrons. The summed E-state index contributed by atoms with van der Waals surface area (Å²) in [6, 6.07) is 16.6. The molecule has 0 aliphatic heterocycles. The summed E-state index contributed by atoms with van der Waals surface area (Å²) in [7, 11) is 0. The Labute approximate surface area is 326 Å². The second kappa shape index (κ2) is 18.4. The molecule has 4 rings (SSSR count). The van der Waals surface area contributed by atoms with Crippen molar-refractivity contribution in [2.45, 2.75) is 32.6 Å². The van der Waals surface area contributed by atoms with Gasteiger partial charge in [-0.15, -0.1) is 0 Å². The number of ether oxygens (including phenoxy) is 1. The summed E-state index contributed by atoms with van der Waals surface area (Å²) >= 11 is 13.3. The zero-order valence-electron chi connectivity index (χ0n) is 26.9. The maximum atomic E-state index is 12.8. The number of benzene rings is 4. The third-order valence-corrected chi connectivity index (χ3v) is 9.98. The third-order valence-electron chi connectivity index (χ3n) is 7.52. The maximum absolute atomic E-state index is 12.8. The van der Waals surface area contributed by atoms with E-state index in [0.29, 0.717) is 48.7 Å². The molecule has 12 nitrogen and oxygen atoms in total. The lowest BCUT2D eigenvalue weighted by molar-refractivity contribution is -0.115. The highest BCUT2D eigenvalue weighted by Gasteiger charge is 2.20. The number of oxime groups is 2. The molecule has 51 heavy (non-hydrogen) atoms. The number of phenolic OH excluding ortho intramolecular Hbond substituents is 3. The summed E-state index contributed by atoms with van der Waals surface area (Å²) < 4.78 is 7.97. The van der Waals surface area contributed by atoms with Crippen LogP contribution in [-0.4, -0.2) is 62.1 Å². The average Bonchev–Trinajstić information content (AvgIpc) is 3.09. The number of hydrogen-bond donors (Lipinski definition) is 7. The normalized spacial score (nSPS) is 11.7. The molecule has 16 heteroatoms. The van der Waals surface area contributed by atoms with Crippen LogP contribution in [0, 0.1) is 6.92 Å². The minimum absolute atomic E-state index is 0.0108. The molecule has 0 aromatic heterocycles. The van der Waals surface area contributed by atoms with Crippen LogP contribution >= 0.6 is 63.7 Å². The summed E-state index contributed by atoms with van der Waals surface area (Å²) in [5.41, 5.74) is 3.28. The largest absolute Gasteiger partial charge is 0.507 e. The molecule has 0 fully saturated rings. The minimum atomic E-state index is -0.582. The number of hydrogen-bond acceptors (Lipinski definition) is 10. The number of halogens is 4. The highest BCUT2D eigenvalue weighted by atomic mass is 79.9. The molecule has 0 atom stereocenters. The van der Waals surface area contributed by atoms with Gasteiger partial charge in [0.05, 0.1) is 17.9 Å². The number of carbonyl (C=O) groups is 2. The Morgan fingerprint density at radius 3 is 1.55 bits per heavy atom. The van der Waals surface area contributed by atoms with Gasteiger partial charge in [-0.25, -0.2) is 0 Å². The fourth-order valence-electron chi connectivity index (χ4n) is 4.92. The first-order valence-electron chi connectivity index (χ1n) is 15.2. The average molecular weight is 956 g/mol. The fraction of sp³-hybridized carbons (Fsp3) is 0.200. The second-order valence-electron chi connectivity index (χ2n) is 11.3. The monoisotopic (exact) mass is 952 g/mol. The van der Waals surface area contributed by atoms with Crippen molar-refractivity contribution >= 4 is 87.0 Å². The predicted molar refractivity (Wildman–Crippen MR) is 206 cm³/mol. The summed E-state index contributed by atoms with van der Waals surface area (Å²) in [5, 5.41) is 61.2. The molecular weight excluding hydrogens is 924 g/mol. The van der Waals surface area contributed by atoms with E-state index < -0.39 is 11.8 Å². The van der Waals surface area contributed by atoms with E-state index in [2.05, 4.69) is 84.7 Å². The molecule has 0 aliphatic rings. The van der Waals surface area contributed by atoms with Crippen molar-refractivity contribution in [1.82, 2.24) is 10.6 Å². The van der Waals surface area contributed by atoms with Crippen molar-refractivity contribution in [3.05, 3.63) is 106 Å². The highest BCUT2D eigenvalue weighted by molar-refractivity contribution is 9.11. The topological polar surface area (TPSA) is 193 Å². The van der Waals surface area contributed by atoms with Crippen LogP contribution in [0.15, 0.2) is 88.9 Å². The molecular formula is C35H32Br4N4O8. The van der Waals surface area contributed by atoms with E-state index in [1.54, 1.807) is 61.5 Å². The van der Waals surface area contributed by atoms with Gasteiger partial charge in [0, 0.05) is 25.9 Å². The van der Waals surface area contributed by atoms with E-state index in [1.807, 2.05) is 0 Å². The van der Waals surface area contributed by atoms with Gasteiger partial charge in [-0.3, -0.25) is 9.59 Å². The number of nitrogens with zero attached hydrogens (tertiary/aromatic N) is 2. The first-order valence-corrected chi connectivity index (χ1v) is 18.4. The molecule has 0 unspecified atom stereocenters. The molecule has 0 bridgehead atoms. The van der Waals surface area contributed by atoms with Crippen LogP contribution in [0.5, 0.6) is 28.7 Å². The quantitative estimate of drug-likeness (QED) is 0.0386. The van der Waals surface area contributed by atoms with Gasteiger partial charge in [0.15, 0.2) is 11.5 Å². The Balaban J connectivity index is 1.39. The van der Waals surface area contributed by atoms with Crippen molar-refractivity contribution in [2.75, 3.05) is 13.1 Å². The Morgan fingerprint density at radius 2 is 1.10 bits per heavy atom. The van der Waals surface area contributed by atoms with Gasteiger partial charge in [0.2, 0.25) is 0 Å². The third kappa shape index (κ3) is 10.9. The minimum Gasteiger partial charge on any atom is -0.507 e.